The Kier molecular flexibility index (Phi) is 11.3. The van der Waals surface area contributed by atoms with Crippen molar-refractivity contribution >= 4 is 70.1 Å². The van der Waals surface area contributed by atoms with E-state index in [-0.39, 0.29) is 11.6 Å². The van der Waals surface area contributed by atoms with E-state index in [0.717, 1.165) is 4.90 Å². The smallest absolute Gasteiger partial charge is 0.272 e. The number of anilines is 2. The fraction of sp³-hybridized carbons (Fsp3) is 0.121. The highest BCUT2D eigenvalue weighted by Gasteiger charge is 2.21. The summed E-state index contributed by atoms with van der Waals surface area (Å²) in [6.07, 6.45) is 2.13. The highest BCUT2D eigenvalue weighted by Crippen LogP contribution is 2.32. The first-order valence-corrected chi connectivity index (χ1v) is 15.0. The number of hydrogen-bond donors (Lipinski definition) is 3. The maximum Gasteiger partial charge on any atom is 0.272 e. The first-order chi connectivity index (χ1) is 20.7. The molecule has 0 aliphatic rings. The molecule has 0 aromatic heterocycles. The van der Waals surface area contributed by atoms with E-state index in [1.54, 1.807) is 97.1 Å². The molecule has 1 atom stereocenters. The molecule has 0 saturated carbocycles. The summed E-state index contributed by atoms with van der Waals surface area (Å²) in [5.74, 6) is -0.643. The van der Waals surface area contributed by atoms with Gasteiger partial charge in [-0.25, -0.2) is 0 Å². The monoisotopic (exact) mass is 633 g/mol. The molecule has 220 valence electrons. The van der Waals surface area contributed by atoms with Crippen LogP contribution in [-0.2, 0) is 9.59 Å². The van der Waals surface area contributed by atoms with Gasteiger partial charge in [0.25, 0.3) is 11.8 Å². The maximum absolute atomic E-state index is 13.4. The largest absolute Gasteiger partial charge is 0.495 e. The zero-order valence-electron chi connectivity index (χ0n) is 23.4. The lowest BCUT2D eigenvalue weighted by molar-refractivity contribution is -0.116. The van der Waals surface area contributed by atoms with Crippen molar-refractivity contribution in [2.24, 2.45) is 0 Å². The molecule has 0 heterocycles. The predicted molar refractivity (Wildman–Crippen MR) is 175 cm³/mol. The summed E-state index contributed by atoms with van der Waals surface area (Å²) < 4.78 is 5.34. The Bertz CT molecular complexity index is 1630. The Morgan fingerprint density at radius 3 is 2.28 bits per heavy atom. The third-order valence-corrected chi connectivity index (χ3v) is 8.01. The minimum absolute atomic E-state index is 0.0514. The van der Waals surface area contributed by atoms with E-state index in [0.29, 0.717) is 44.7 Å². The van der Waals surface area contributed by atoms with Crippen molar-refractivity contribution in [3.05, 3.63) is 124 Å². The van der Waals surface area contributed by atoms with Gasteiger partial charge in [-0.1, -0.05) is 66.5 Å². The van der Waals surface area contributed by atoms with Crippen molar-refractivity contribution in [2.75, 3.05) is 17.7 Å². The molecule has 4 aromatic carbocycles. The molecule has 3 N–H and O–H groups in total. The van der Waals surface area contributed by atoms with Gasteiger partial charge in [-0.3, -0.25) is 14.4 Å². The predicted octanol–water partition coefficient (Wildman–Crippen LogP) is 7.92. The topological polar surface area (TPSA) is 96.5 Å². The fourth-order valence-corrected chi connectivity index (χ4v) is 5.30. The zero-order valence-corrected chi connectivity index (χ0v) is 25.7. The number of halogens is 2. The third-order valence-electron chi connectivity index (χ3n) is 6.16. The quantitative estimate of drug-likeness (QED) is 0.115. The highest BCUT2D eigenvalue weighted by atomic mass is 35.5. The van der Waals surface area contributed by atoms with E-state index >= 15 is 0 Å². The normalized spacial score (nSPS) is 11.8. The van der Waals surface area contributed by atoms with Gasteiger partial charge in [0, 0.05) is 26.2 Å². The summed E-state index contributed by atoms with van der Waals surface area (Å²) in [7, 11) is 1.52. The van der Waals surface area contributed by atoms with Gasteiger partial charge < -0.3 is 20.7 Å². The van der Waals surface area contributed by atoms with Gasteiger partial charge >= 0.3 is 0 Å². The highest BCUT2D eigenvalue weighted by molar-refractivity contribution is 8.00. The van der Waals surface area contributed by atoms with Crippen LogP contribution in [0.2, 0.25) is 10.0 Å². The molecule has 0 radical (unpaired) electrons. The van der Waals surface area contributed by atoms with E-state index < -0.39 is 17.1 Å². The molecule has 0 spiro atoms. The number of amides is 3. The van der Waals surface area contributed by atoms with Crippen LogP contribution in [0.3, 0.4) is 0 Å². The molecule has 4 aromatic rings. The Morgan fingerprint density at radius 1 is 0.860 bits per heavy atom. The van der Waals surface area contributed by atoms with Crippen LogP contribution < -0.4 is 20.7 Å². The molecule has 43 heavy (non-hydrogen) atoms. The third kappa shape index (κ3) is 9.12. The maximum atomic E-state index is 13.4. The summed E-state index contributed by atoms with van der Waals surface area (Å²) in [4.78, 5) is 40.2. The number of methoxy groups -OCH3 is 1. The van der Waals surface area contributed by atoms with Crippen molar-refractivity contribution in [1.29, 1.82) is 0 Å². The van der Waals surface area contributed by atoms with Crippen LogP contribution in [0, 0.1) is 0 Å². The number of ether oxygens (including phenoxy) is 1. The lowest BCUT2D eigenvalue weighted by atomic mass is 10.1. The second kappa shape index (κ2) is 15.3. The van der Waals surface area contributed by atoms with Gasteiger partial charge in [-0.2, -0.15) is 0 Å². The van der Waals surface area contributed by atoms with Crippen LogP contribution in [0.15, 0.2) is 108 Å². The van der Waals surface area contributed by atoms with Crippen LogP contribution in [0.4, 0.5) is 11.4 Å². The van der Waals surface area contributed by atoms with E-state index in [1.807, 2.05) is 13.0 Å². The van der Waals surface area contributed by atoms with Crippen LogP contribution >= 0.6 is 35.0 Å². The number of rotatable bonds is 11. The van der Waals surface area contributed by atoms with Crippen LogP contribution in [0.5, 0.6) is 5.75 Å². The number of benzene rings is 4. The van der Waals surface area contributed by atoms with Crippen LogP contribution in [0.1, 0.15) is 29.3 Å². The lowest BCUT2D eigenvalue weighted by Crippen LogP contribution is -2.30. The van der Waals surface area contributed by atoms with E-state index in [9.17, 15) is 14.4 Å². The minimum atomic E-state index is -0.515. The van der Waals surface area contributed by atoms with Crippen molar-refractivity contribution in [2.45, 2.75) is 23.5 Å². The molecular formula is C33H29Cl2N3O4S. The Hall–Kier alpha value is -4.24. The SMILES string of the molecule is CCC(Sc1cccc(NC(=O)/C(=C\c2ccc(Cl)cc2)NC(=O)c2ccccc2)c1)C(=O)Nc1cc(Cl)ccc1OC. The summed E-state index contributed by atoms with van der Waals surface area (Å²) in [6.45, 7) is 1.92. The van der Waals surface area contributed by atoms with Gasteiger partial charge in [0.2, 0.25) is 5.91 Å². The average Bonchev–Trinajstić information content (AvgIpc) is 3.01. The van der Waals surface area contributed by atoms with Gasteiger partial charge in [-0.15, -0.1) is 11.8 Å². The zero-order chi connectivity index (χ0) is 30.8. The number of hydrogen-bond acceptors (Lipinski definition) is 5. The minimum Gasteiger partial charge on any atom is -0.495 e. The second-order valence-corrected chi connectivity index (χ2v) is 11.4. The lowest BCUT2D eigenvalue weighted by Gasteiger charge is -2.17. The number of carbonyl (C=O) groups is 3. The summed E-state index contributed by atoms with van der Waals surface area (Å²) >= 11 is 13.5. The molecule has 7 nitrogen and oxygen atoms in total. The van der Waals surface area contributed by atoms with E-state index in [1.165, 1.54) is 18.9 Å². The Morgan fingerprint density at radius 2 is 1.58 bits per heavy atom. The van der Waals surface area contributed by atoms with Gasteiger partial charge in [0.05, 0.1) is 18.0 Å². The van der Waals surface area contributed by atoms with Gasteiger partial charge in [-0.05, 0) is 78.7 Å². The standard InChI is InChI=1S/C33H29Cl2N3O4S/c1-3-30(33(41)37-27-19-24(35)16-17-29(27)42-2)43-26-11-7-10-25(20-26)36-32(40)28(18-21-12-14-23(34)15-13-21)38-31(39)22-8-5-4-6-9-22/h4-20,30H,3H2,1-2H3,(H,36,40)(H,37,41)(H,38,39)/b28-18+. The molecule has 3 amide bonds. The molecule has 0 saturated heterocycles. The van der Waals surface area contributed by atoms with Gasteiger partial charge in [0.1, 0.15) is 11.4 Å². The molecule has 0 aliphatic carbocycles. The molecule has 10 heteroatoms. The molecular weight excluding hydrogens is 605 g/mol. The van der Waals surface area contributed by atoms with Crippen molar-refractivity contribution in [3.63, 3.8) is 0 Å². The number of thioether (sulfide) groups is 1. The summed E-state index contributed by atoms with van der Waals surface area (Å²) in [6, 6.07) is 27.7. The van der Waals surface area contributed by atoms with E-state index in [2.05, 4.69) is 16.0 Å². The fourth-order valence-electron chi connectivity index (χ4n) is 3.99. The van der Waals surface area contributed by atoms with Crippen molar-refractivity contribution in [3.8, 4) is 5.75 Å². The molecule has 0 aliphatic heterocycles. The molecule has 1 unspecified atom stereocenters. The second-order valence-electron chi connectivity index (χ2n) is 9.26. The van der Waals surface area contributed by atoms with Crippen LogP contribution in [-0.4, -0.2) is 30.1 Å². The Balaban J connectivity index is 1.50. The van der Waals surface area contributed by atoms with Crippen molar-refractivity contribution in [1.82, 2.24) is 5.32 Å². The number of carbonyl (C=O) groups excluding carboxylic acids is 3. The summed E-state index contributed by atoms with van der Waals surface area (Å²) in [5, 5.41) is 9.08. The molecule has 0 fully saturated rings. The first-order valence-electron chi connectivity index (χ1n) is 13.3. The summed E-state index contributed by atoms with van der Waals surface area (Å²) in [5.41, 5.74) is 2.13. The van der Waals surface area contributed by atoms with Crippen molar-refractivity contribution < 1.29 is 19.1 Å². The average molecular weight is 635 g/mol. The van der Waals surface area contributed by atoms with E-state index in [4.69, 9.17) is 27.9 Å². The number of nitrogens with one attached hydrogen (secondary N) is 3. The Labute approximate surface area is 264 Å². The van der Waals surface area contributed by atoms with Crippen LogP contribution in [0.25, 0.3) is 6.08 Å². The van der Waals surface area contributed by atoms with Gasteiger partial charge in [0.15, 0.2) is 0 Å². The first kappa shape index (κ1) is 31.7. The molecule has 4 rings (SSSR count). The molecule has 0 bridgehead atoms.